The van der Waals surface area contributed by atoms with Gasteiger partial charge >= 0.3 is 0 Å². The van der Waals surface area contributed by atoms with Gasteiger partial charge in [0.1, 0.15) is 0 Å². The second-order valence-electron chi connectivity index (χ2n) is 4.12. The summed E-state index contributed by atoms with van der Waals surface area (Å²) in [6.45, 7) is 0.794. The maximum Gasteiger partial charge on any atom is 0.0417 e. The van der Waals surface area contributed by atoms with Crippen LogP contribution in [0.1, 0.15) is 18.4 Å². The van der Waals surface area contributed by atoms with Crippen molar-refractivity contribution in [2.75, 3.05) is 6.54 Å². The van der Waals surface area contributed by atoms with E-state index in [0.717, 1.165) is 22.5 Å². The standard InChI is InChI=1S/C11H13BrClN/c12-10-5-9(13)2-1-8(10)6-11(7-14)3-4-11/h1-2,5H,3-4,6-7,14H2. The van der Waals surface area contributed by atoms with Gasteiger partial charge in [-0.15, -0.1) is 0 Å². The van der Waals surface area contributed by atoms with Crippen LogP contribution in [0.5, 0.6) is 0 Å². The van der Waals surface area contributed by atoms with Gasteiger partial charge in [-0.3, -0.25) is 0 Å². The first-order valence-corrected chi connectivity index (χ1v) is 5.96. The summed E-state index contributed by atoms with van der Waals surface area (Å²) in [5, 5.41) is 0.776. The van der Waals surface area contributed by atoms with Crippen molar-refractivity contribution in [1.29, 1.82) is 0 Å². The third-order valence-electron chi connectivity index (χ3n) is 2.97. The van der Waals surface area contributed by atoms with Crippen molar-refractivity contribution >= 4 is 27.5 Å². The molecule has 1 aliphatic rings. The third kappa shape index (κ3) is 2.13. The van der Waals surface area contributed by atoms with Gasteiger partial charge in [-0.25, -0.2) is 0 Å². The fourth-order valence-corrected chi connectivity index (χ4v) is 2.52. The zero-order valence-corrected chi connectivity index (χ0v) is 10.2. The summed E-state index contributed by atoms with van der Waals surface area (Å²) >= 11 is 9.41. The quantitative estimate of drug-likeness (QED) is 0.898. The number of nitrogens with two attached hydrogens (primary N) is 1. The molecule has 0 amide bonds. The summed E-state index contributed by atoms with van der Waals surface area (Å²) in [6.07, 6.45) is 3.60. The number of hydrogen-bond acceptors (Lipinski definition) is 1. The second kappa shape index (κ2) is 3.84. The van der Waals surface area contributed by atoms with Crippen LogP contribution >= 0.6 is 27.5 Å². The van der Waals surface area contributed by atoms with E-state index >= 15 is 0 Å². The molecule has 0 atom stereocenters. The molecule has 0 unspecified atom stereocenters. The van der Waals surface area contributed by atoms with E-state index in [9.17, 15) is 0 Å². The molecule has 1 fully saturated rings. The van der Waals surface area contributed by atoms with Crippen molar-refractivity contribution < 1.29 is 0 Å². The van der Waals surface area contributed by atoms with Crippen LogP contribution in [0.2, 0.25) is 5.02 Å². The fraction of sp³-hybridized carbons (Fsp3) is 0.455. The van der Waals surface area contributed by atoms with Gasteiger partial charge in [-0.1, -0.05) is 33.6 Å². The van der Waals surface area contributed by atoms with E-state index in [1.807, 2.05) is 12.1 Å². The number of halogens is 2. The minimum Gasteiger partial charge on any atom is -0.330 e. The Balaban J connectivity index is 2.17. The molecular formula is C11H13BrClN. The minimum absolute atomic E-state index is 0.385. The molecule has 0 aliphatic heterocycles. The Kier molecular flexibility index (Phi) is 2.87. The molecule has 0 spiro atoms. The van der Waals surface area contributed by atoms with E-state index in [0.29, 0.717) is 5.41 Å². The lowest BCUT2D eigenvalue weighted by molar-refractivity contribution is 0.520. The Bertz CT molecular complexity index is 347. The fourth-order valence-electron chi connectivity index (χ4n) is 1.70. The first-order chi connectivity index (χ1) is 6.65. The predicted octanol–water partition coefficient (Wildman–Crippen LogP) is 3.38. The van der Waals surface area contributed by atoms with Crippen molar-refractivity contribution in [3.05, 3.63) is 33.3 Å². The molecule has 0 aromatic heterocycles. The maximum atomic E-state index is 5.88. The molecule has 14 heavy (non-hydrogen) atoms. The van der Waals surface area contributed by atoms with Crippen molar-refractivity contribution in [1.82, 2.24) is 0 Å². The molecule has 0 heterocycles. The van der Waals surface area contributed by atoms with Crippen LogP contribution in [0.4, 0.5) is 0 Å². The number of hydrogen-bond donors (Lipinski definition) is 1. The molecule has 1 aliphatic carbocycles. The Morgan fingerprint density at radius 1 is 1.43 bits per heavy atom. The molecule has 2 rings (SSSR count). The van der Waals surface area contributed by atoms with Crippen molar-refractivity contribution in [3.63, 3.8) is 0 Å². The molecule has 0 radical (unpaired) electrons. The smallest absolute Gasteiger partial charge is 0.0417 e. The third-order valence-corrected chi connectivity index (χ3v) is 3.94. The average molecular weight is 275 g/mol. The van der Waals surface area contributed by atoms with E-state index in [1.165, 1.54) is 18.4 Å². The van der Waals surface area contributed by atoms with Crippen LogP contribution in [0.15, 0.2) is 22.7 Å². The molecule has 2 N–H and O–H groups in total. The van der Waals surface area contributed by atoms with Crippen molar-refractivity contribution in [2.24, 2.45) is 11.1 Å². The summed E-state index contributed by atoms with van der Waals surface area (Å²) in [6, 6.07) is 5.97. The van der Waals surface area contributed by atoms with Gasteiger partial charge in [0, 0.05) is 9.50 Å². The highest BCUT2D eigenvalue weighted by Gasteiger charge is 2.41. The molecule has 76 valence electrons. The molecule has 1 aromatic rings. The van der Waals surface area contributed by atoms with Crippen LogP contribution in [0.3, 0.4) is 0 Å². The van der Waals surface area contributed by atoms with E-state index in [4.69, 9.17) is 17.3 Å². The van der Waals surface area contributed by atoms with Crippen LogP contribution in [0, 0.1) is 5.41 Å². The number of benzene rings is 1. The highest BCUT2D eigenvalue weighted by molar-refractivity contribution is 9.10. The van der Waals surface area contributed by atoms with Gasteiger partial charge in [-0.2, -0.15) is 0 Å². The summed E-state index contributed by atoms with van der Waals surface area (Å²) in [7, 11) is 0. The molecule has 3 heteroatoms. The highest BCUT2D eigenvalue weighted by Crippen LogP contribution is 2.48. The van der Waals surface area contributed by atoms with Crippen LogP contribution in [-0.2, 0) is 6.42 Å². The van der Waals surface area contributed by atoms with E-state index < -0.39 is 0 Å². The lowest BCUT2D eigenvalue weighted by Gasteiger charge is -2.13. The molecular weight excluding hydrogens is 261 g/mol. The molecule has 1 saturated carbocycles. The minimum atomic E-state index is 0.385. The van der Waals surface area contributed by atoms with Gasteiger partial charge in [-0.05, 0) is 48.9 Å². The van der Waals surface area contributed by atoms with Crippen molar-refractivity contribution in [3.8, 4) is 0 Å². The highest BCUT2D eigenvalue weighted by atomic mass is 79.9. The lowest BCUT2D eigenvalue weighted by Crippen LogP contribution is -2.18. The van der Waals surface area contributed by atoms with Crippen molar-refractivity contribution in [2.45, 2.75) is 19.3 Å². The Morgan fingerprint density at radius 3 is 2.64 bits per heavy atom. The zero-order valence-electron chi connectivity index (χ0n) is 7.89. The monoisotopic (exact) mass is 273 g/mol. The largest absolute Gasteiger partial charge is 0.330 e. The molecule has 1 aromatic carbocycles. The van der Waals surface area contributed by atoms with Gasteiger partial charge in [0.05, 0.1) is 0 Å². The maximum absolute atomic E-state index is 5.88. The Morgan fingerprint density at radius 2 is 2.14 bits per heavy atom. The van der Waals surface area contributed by atoms with Gasteiger partial charge in [0.2, 0.25) is 0 Å². The summed E-state index contributed by atoms with van der Waals surface area (Å²) in [4.78, 5) is 0. The normalized spacial score (nSPS) is 18.2. The second-order valence-corrected chi connectivity index (χ2v) is 5.41. The molecule has 0 bridgehead atoms. The molecule has 0 saturated heterocycles. The summed E-state index contributed by atoms with van der Waals surface area (Å²) in [5.41, 5.74) is 7.46. The first kappa shape index (κ1) is 10.5. The van der Waals surface area contributed by atoms with Gasteiger partial charge in [0.15, 0.2) is 0 Å². The topological polar surface area (TPSA) is 26.0 Å². The summed E-state index contributed by atoms with van der Waals surface area (Å²) in [5.74, 6) is 0. The van der Waals surface area contributed by atoms with Crippen LogP contribution < -0.4 is 5.73 Å². The Labute approximate surface area is 97.8 Å². The SMILES string of the molecule is NCC1(Cc2ccc(Cl)cc2Br)CC1. The van der Waals surface area contributed by atoms with Crippen LogP contribution in [-0.4, -0.2) is 6.54 Å². The average Bonchev–Trinajstić information content (AvgIpc) is 2.91. The number of rotatable bonds is 3. The van der Waals surface area contributed by atoms with Crippen LogP contribution in [0.25, 0.3) is 0 Å². The predicted molar refractivity (Wildman–Crippen MR) is 63.6 cm³/mol. The summed E-state index contributed by atoms with van der Waals surface area (Å²) < 4.78 is 1.10. The van der Waals surface area contributed by atoms with E-state index in [1.54, 1.807) is 0 Å². The van der Waals surface area contributed by atoms with Gasteiger partial charge < -0.3 is 5.73 Å². The lowest BCUT2D eigenvalue weighted by atomic mass is 9.97. The zero-order chi connectivity index (χ0) is 10.2. The molecule has 1 nitrogen and oxygen atoms in total. The van der Waals surface area contributed by atoms with E-state index in [-0.39, 0.29) is 0 Å². The van der Waals surface area contributed by atoms with E-state index in [2.05, 4.69) is 22.0 Å². The first-order valence-electron chi connectivity index (χ1n) is 4.79. The Hall–Kier alpha value is -0.0500. The van der Waals surface area contributed by atoms with Gasteiger partial charge in [0.25, 0.3) is 0 Å².